The Morgan fingerprint density at radius 2 is 1.47 bits per heavy atom. The van der Waals surface area contributed by atoms with Gasteiger partial charge in [0.15, 0.2) is 5.76 Å². The average Bonchev–Trinajstić information content (AvgIpc) is 2.97. The maximum atomic E-state index is 5.29. The molecule has 94 valence electrons. The van der Waals surface area contributed by atoms with Crippen LogP contribution in [0.4, 0.5) is 0 Å². The van der Waals surface area contributed by atoms with Gasteiger partial charge in [-0.1, -0.05) is 59.8 Å². The average molecular weight is 267 g/mol. The maximum Gasteiger partial charge on any atom is 0.167 e. The molecular weight excluding hydrogens is 254 g/mol. The molecule has 0 aliphatic carbocycles. The number of thiol groups is 1. The van der Waals surface area contributed by atoms with Gasteiger partial charge < -0.3 is 4.52 Å². The van der Waals surface area contributed by atoms with Crippen molar-refractivity contribution in [2.24, 2.45) is 0 Å². The molecule has 1 aromatic heterocycles. The summed E-state index contributed by atoms with van der Waals surface area (Å²) in [5.41, 5.74) is 4.28. The lowest BCUT2D eigenvalue weighted by atomic mass is 10.0. The van der Waals surface area contributed by atoms with Gasteiger partial charge in [-0.05, 0) is 11.1 Å². The van der Waals surface area contributed by atoms with E-state index in [1.54, 1.807) is 0 Å². The van der Waals surface area contributed by atoms with E-state index in [4.69, 9.17) is 4.52 Å². The normalized spacial score (nSPS) is 10.6. The lowest BCUT2D eigenvalue weighted by Crippen LogP contribution is -1.78. The molecular formula is C16H13NOS. The van der Waals surface area contributed by atoms with E-state index in [-0.39, 0.29) is 0 Å². The number of benzene rings is 2. The van der Waals surface area contributed by atoms with Gasteiger partial charge in [-0.25, -0.2) is 0 Å². The summed E-state index contributed by atoms with van der Waals surface area (Å²) in [7, 11) is 0. The number of rotatable bonds is 3. The lowest BCUT2D eigenvalue weighted by molar-refractivity contribution is 0.426. The van der Waals surface area contributed by atoms with Gasteiger partial charge in [-0.15, -0.1) is 0 Å². The Bertz CT molecular complexity index is 659. The second-order valence-electron chi connectivity index (χ2n) is 4.28. The Kier molecular flexibility index (Phi) is 3.38. The van der Waals surface area contributed by atoms with Gasteiger partial charge in [0, 0.05) is 17.4 Å². The minimum atomic E-state index is 0.589. The molecule has 0 saturated heterocycles. The fourth-order valence-electron chi connectivity index (χ4n) is 1.98. The summed E-state index contributed by atoms with van der Waals surface area (Å²) in [6.45, 7) is 0. The molecule has 0 atom stereocenters. The molecule has 0 unspecified atom stereocenters. The Balaban J connectivity index is 1.90. The molecule has 2 nitrogen and oxygen atoms in total. The molecule has 0 bridgehead atoms. The maximum absolute atomic E-state index is 5.29. The van der Waals surface area contributed by atoms with Crippen LogP contribution < -0.4 is 0 Å². The fraction of sp³-hybridized carbons (Fsp3) is 0.0625. The highest BCUT2D eigenvalue weighted by molar-refractivity contribution is 7.79. The third-order valence-corrected chi connectivity index (χ3v) is 3.32. The molecule has 2 aromatic carbocycles. The molecule has 3 heteroatoms. The number of aromatic nitrogens is 1. The van der Waals surface area contributed by atoms with Crippen molar-refractivity contribution in [1.29, 1.82) is 0 Å². The Morgan fingerprint density at radius 3 is 2.11 bits per heavy atom. The Labute approximate surface area is 117 Å². The molecule has 0 aliphatic heterocycles. The van der Waals surface area contributed by atoms with Crippen LogP contribution in [0.15, 0.2) is 65.2 Å². The SMILES string of the molecule is SCc1cc(-c2ccc(-c3ccccc3)cc2)on1. The van der Waals surface area contributed by atoms with Crippen molar-refractivity contribution >= 4 is 12.6 Å². The number of hydrogen-bond acceptors (Lipinski definition) is 3. The Morgan fingerprint density at radius 1 is 0.842 bits per heavy atom. The first kappa shape index (κ1) is 12.1. The number of hydrogen-bond donors (Lipinski definition) is 1. The van der Waals surface area contributed by atoms with Gasteiger partial charge in [0.2, 0.25) is 0 Å². The van der Waals surface area contributed by atoms with Crippen LogP contribution in [0, 0.1) is 0 Å². The van der Waals surface area contributed by atoms with Crippen molar-refractivity contribution in [3.8, 4) is 22.5 Å². The zero-order valence-corrected chi connectivity index (χ0v) is 11.2. The summed E-state index contributed by atoms with van der Waals surface area (Å²) >= 11 is 4.18. The molecule has 3 rings (SSSR count). The summed E-state index contributed by atoms with van der Waals surface area (Å²) < 4.78 is 5.29. The van der Waals surface area contributed by atoms with Crippen molar-refractivity contribution in [2.75, 3.05) is 0 Å². The van der Waals surface area contributed by atoms with Gasteiger partial charge in [-0.3, -0.25) is 0 Å². The summed E-state index contributed by atoms with van der Waals surface area (Å²) in [4.78, 5) is 0. The predicted octanol–water partition coefficient (Wildman–Crippen LogP) is 4.44. The van der Waals surface area contributed by atoms with E-state index in [2.05, 4.69) is 42.1 Å². The molecule has 0 amide bonds. The minimum Gasteiger partial charge on any atom is -0.356 e. The molecule has 19 heavy (non-hydrogen) atoms. The standard InChI is InChI=1S/C16H13NOS/c19-11-15-10-16(18-17-15)14-8-6-13(7-9-14)12-4-2-1-3-5-12/h1-10,19H,11H2. The summed E-state index contributed by atoms with van der Waals surface area (Å²) in [6, 6.07) is 20.5. The highest BCUT2D eigenvalue weighted by Crippen LogP contribution is 2.25. The van der Waals surface area contributed by atoms with Crippen LogP contribution in [0.1, 0.15) is 5.69 Å². The van der Waals surface area contributed by atoms with Gasteiger partial charge in [0.1, 0.15) is 0 Å². The summed E-state index contributed by atoms with van der Waals surface area (Å²) in [6.07, 6.45) is 0. The monoisotopic (exact) mass is 267 g/mol. The van der Waals surface area contributed by atoms with E-state index in [9.17, 15) is 0 Å². The first-order valence-corrected chi connectivity index (χ1v) is 6.72. The van der Waals surface area contributed by atoms with E-state index in [1.165, 1.54) is 11.1 Å². The van der Waals surface area contributed by atoms with Crippen LogP contribution in [-0.4, -0.2) is 5.16 Å². The van der Waals surface area contributed by atoms with Crippen molar-refractivity contribution in [2.45, 2.75) is 5.75 Å². The van der Waals surface area contributed by atoms with Crippen LogP contribution >= 0.6 is 12.6 Å². The smallest absolute Gasteiger partial charge is 0.167 e. The zero-order chi connectivity index (χ0) is 13.1. The zero-order valence-electron chi connectivity index (χ0n) is 10.3. The third-order valence-electron chi connectivity index (χ3n) is 3.00. The van der Waals surface area contributed by atoms with E-state index < -0.39 is 0 Å². The van der Waals surface area contributed by atoms with Crippen molar-refractivity contribution in [1.82, 2.24) is 5.16 Å². The first-order valence-electron chi connectivity index (χ1n) is 6.09. The van der Waals surface area contributed by atoms with E-state index in [0.717, 1.165) is 17.0 Å². The number of nitrogens with zero attached hydrogens (tertiary/aromatic N) is 1. The van der Waals surface area contributed by atoms with Crippen LogP contribution in [0.5, 0.6) is 0 Å². The Hall–Kier alpha value is -2.00. The van der Waals surface area contributed by atoms with Crippen molar-refractivity contribution in [3.05, 3.63) is 66.4 Å². The fourth-order valence-corrected chi connectivity index (χ4v) is 2.13. The topological polar surface area (TPSA) is 26.0 Å². The highest BCUT2D eigenvalue weighted by Gasteiger charge is 2.06. The second kappa shape index (κ2) is 5.33. The van der Waals surface area contributed by atoms with Crippen molar-refractivity contribution < 1.29 is 4.52 Å². The molecule has 0 radical (unpaired) electrons. The second-order valence-corrected chi connectivity index (χ2v) is 4.60. The van der Waals surface area contributed by atoms with E-state index in [0.29, 0.717) is 5.75 Å². The molecule has 0 aliphatic rings. The first-order chi connectivity index (χ1) is 9.36. The largest absolute Gasteiger partial charge is 0.356 e. The van der Waals surface area contributed by atoms with Crippen molar-refractivity contribution in [3.63, 3.8) is 0 Å². The highest BCUT2D eigenvalue weighted by atomic mass is 32.1. The molecule has 0 spiro atoms. The molecule has 3 aromatic rings. The summed E-state index contributed by atoms with van der Waals surface area (Å²) in [5.74, 6) is 1.37. The van der Waals surface area contributed by atoms with Crippen LogP contribution in [0.25, 0.3) is 22.5 Å². The minimum absolute atomic E-state index is 0.589. The van der Waals surface area contributed by atoms with Gasteiger partial charge >= 0.3 is 0 Å². The molecule has 0 saturated carbocycles. The summed E-state index contributed by atoms with van der Waals surface area (Å²) in [5, 5.41) is 3.94. The van der Waals surface area contributed by atoms with Gasteiger partial charge in [0.05, 0.1) is 5.69 Å². The molecule has 0 fully saturated rings. The quantitative estimate of drug-likeness (QED) is 0.710. The van der Waals surface area contributed by atoms with Crippen LogP contribution in [-0.2, 0) is 5.75 Å². The van der Waals surface area contributed by atoms with Crippen LogP contribution in [0.3, 0.4) is 0 Å². The predicted molar refractivity (Wildman–Crippen MR) is 80.1 cm³/mol. The third kappa shape index (κ3) is 2.56. The lowest BCUT2D eigenvalue weighted by Gasteiger charge is -2.02. The molecule has 0 N–H and O–H groups in total. The van der Waals surface area contributed by atoms with E-state index >= 15 is 0 Å². The van der Waals surface area contributed by atoms with Gasteiger partial charge in [0.25, 0.3) is 0 Å². The van der Waals surface area contributed by atoms with Crippen LogP contribution in [0.2, 0.25) is 0 Å². The molecule has 1 heterocycles. The van der Waals surface area contributed by atoms with Gasteiger partial charge in [-0.2, -0.15) is 12.6 Å². The van der Waals surface area contributed by atoms with E-state index in [1.807, 2.05) is 36.4 Å².